The van der Waals surface area contributed by atoms with Crippen molar-refractivity contribution in [2.75, 3.05) is 0 Å². The molecule has 0 spiro atoms. The van der Waals surface area contributed by atoms with Crippen molar-refractivity contribution in [3.05, 3.63) is 59.9 Å². The molecule has 0 aliphatic heterocycles. The fourth-order valence-corrected chi connectivity index (χ4v) is 1.49. The van der Waals surface area contributed by atoms with E-state index in [4.69, 9.17) is 0 Å². The Morgan fingerprint density at radius 2 is 1.77 bits per heavy atom. The molecule has 0 fully saturated rings. The quantitative estimate of drug-likeness (QED) is 0.654. The van der Waals surface area contributed by atoms with Gasteiger partial charge in [-0.05, 0) is 17.7 Å². The number of hydrogen-bond donors (Lipinski definition) is 0. The van der Waals surface area contributed by atoms with E-state index in [1.54, 1.807) is 0 Å². The summed E-state index contributed by atoms with van der Waals surface area (Å²) in [4.78, 5) is 0. The lowest BCUT2D eigenvalue weighted by molar-refractivity contribution is 0.850. The second-order valence-corrected chi connectivity index (χ2v) is 3.27. The van der Waals surface area contributed by atoms with Gasteiger partial charge in [-0.25, -0.2) is 0 Å². The molecule has 0 unspecified atom stereocenters. The predicted molar refractivity (Wildman–Crippen MR) is 54.7 cm³/mol. The van der Waals surface area contributed by atoms with Gasteiger partial charge in [0.25, 0.3) is 0 Å². The Labute approximate surface area is 78.6 Å². The third-order valence-corrected chi connectivity index (χ3v) is 2.28. The van der Waals surface area contributed by atoms with Gasteiger partial charge in [-0.1, -0.05) is 30.3 Å². The van der Waals surface area contributed by atoms with E-state index in [2.05, 4.69) is 60.3 Å². The maximum atomic E-state index is 2.16. The molecule has 1 aromatic carbocycles. The number of nitrogens with zero attached hydrogens (tertiary/aromatic N) is 1. The van der Waals surface area contributed by atoms with Crippen LogP contribution in [0.4, 0.5) is 0 Å². The first kappa shape index (κ1) is 8.11. The summed E-state index contributed by atoms with van der Waals surface area (Å²) in [7, 11) is 2.08. The molecule has 1 nitrogen and oxygen atoms in total. The lowest BCUT2D eigenvalue weighted by Crippen LogP contribution is -1.95. The van der Waals surface area contributed by atoms with Crippen LogP contribution in [0.15, 0.2) is 48.7 Å². The van der Waals surface area contributed by atoms with Gasteiger partial charge in [0.15, 0.2) is 0 Å². The first-order chi connectivity index (χ1) is 6.36. The summed E-state index contributed by atoms with van der Waals surface area (Å²) in [6.45, 7) is 0. The standard InChI is InChI=1S/C12H13N/c1-13-9-5-8-12(13)10-11-6-3-2-4-7-11/h2-9H,10H2,1H3. The van der Waals surface area contributed by atoms with Crippen LogP contribution >= 0.6 is 0 Å². The molecule has 1 heterocycles. The van der Waals surface area contributed by atoms with E-state index >= 15 is 0 Å². The molecule has 0 aliphatic carbocycles. The van der Waals surface area contributed by atoms with Crippen LogP contribution in [0.2, 0.25) is 0 Å². The molecule has 0 bridgehead atoms. The number of hydrogen-bond acceptors (Lipinski definition) is 0. The molecule has 0 aliphatic rings. The van der Waals surface area contributed by atoms with Gasteiger partial charge in [0.1, 0.15) is 0 Å². The topological polar surface area (TPSA) is 4.93 Å². The smallest absolute Gasteiger partial charge is 0.0215 e. The second-order valence-electron chi connectivity index (χ2n) is 3.27. The van der Waals surface area contributed by atoms with E-state index in [1.807, 2.05) is 0 Å². The Morgan fingerprint density at radius 1 is 1.00 bits per heavy atom. The highest BCUT2D eigenvalue weighted by atomic mass is 14.9. The Kier molecular flexibility index (Phi) is 2.17. The fraction of sp³-hybridized carbons (Fsp3) is 0.167. The number of rotatable bonds is 2. The van der Waals surface area contributed by atoms with Crippen LogP contribution in [0.25, 0.3) is 0 Å². The maximum Gasteiger partial charge on any atom is 0.0215 e. The summed E-state index contributed by atoms with van der Waals surface area (Å²) in [5.41, 5.74) is 2.72. The summed E-state index contributed by atoms with van der Waals surface area (Å²) in [6.07, 6.45) is 3.10. The van der Waals surface area contributed by atoms with E-state index < -0.39 is 0 Å². The minimum atomic E-state index is 1.02. The van der Waals surface area contributed by atoms with Crippen LogP contribution in [0.5, 0.6) is 0 Å². The van der Waals surface area contributed by atoms with Gasteiger partial charge in [0.05, 0.1) is 0 Å². The highest BCUT2D eigenvalue weighted by molar-refractivity contribution is 5.22. The lowest BCUT2D eigenvalue weighted by atomic mass is 10.1. The minimum Gasteiger partial charge on any atom is -0.354 e. The first-order valence-electron chi connectivity index (χ1n) is 4.50. The van der Waals surface area contributed by atoms with E-state index in [0.29, 0.717) is 0 Å². The second kappa shape index (κ2) is 3.48. The van der Waals surface area contributed by atoms with Gasteiger partial charge in [-0.15, -0.1) is 0 Å². The molecule has 0 saturated carbocycles. The molecular weight excluding hydrogens is 158 g/mol. The van der Waals surface area contributed by atoms with E-state index in [0.717, 1.165) is 6.42 Å². The van der Waals surface area contributed by atoms with Crippen molar-refractivity contribution in [2.45, 2.75) is 6.42 Å². The zero-order valence-electron chi connectivity index (χ0n) is 7.77. The Bertz CT molecular complexity index is 373. The largest absolute Gasteiger partial charge is 0.354 e. The minimum absolute atomic E-state index is 1.02. The van der Waals surface area contributed by atoms with Gasteiger partial charge in [-0.2, -0.15) is 0 Å². The first-order valence-corrected chi connectivity index (χ1v) is 4.50. The SMILES string of the molecule is Cn1cccc1Cc1ccccc1. The zero-order chi connectivity index (χ0) is 9.10. The Hall–Kier alpha value is -1.50. The van der Waals surface area contributed by atoms with Gasteiger partial charge in [0, 0.05) is 25.4 Å². The van der Waals surface area contributed by atoms with Crippen molar-refractivity contribution in [3.63, 3.8) is 0 Å². The van der Waals surface area contributed by atoms with Crippen molar-refractivity contribution < 1.29 is 0 Å². The molecule has 0 amide bonds. The predicted octanol–water partition coefficient (Wildman–Crippen LogP) is 2.62. The molecule has 2 rings (SSSR count). The van der Waals surface area contributed by atoms with Crippen LogP contribution in [-0.4, -0.2) is 4.57 Å². The molecule has 1 heteroatoms. The molecule has 13 heavy (non-hydrogen) atoms. The summed E-state index contributed by atoms with van der Waals surface area (Å²) >= 11 is 0. The molecule has 2 aromatic rings. The highest BCUT2D eigenvalue weighted by Crippen LogP contribution is 2.08. The molecule has 0 saturated heterocycles. The van der Waals surface area contributed by atoms with Crippen LogP contribution in [0, 0.1) is 0 Å². The van der Waals surface area contributed by atoms with Gasteiger partial charge in [-0.3, -0.25) is 0 Å². The van der Waals surface area contributed by atoms with Crippen molar-refractivity contribution in [1.29, 1.82) is 0 Å². The molecule has 0 atom stereocenters. The van der Waals surface area contributed by atoms with Gasteiger partial charge in [0.2, 0.25) is 0 Å². The molecular formula is C12H13N. The van der Waals surface area contributed by atoms with Crippen LogP contribution in [-0.2, 0) is 13.5 Å². The van der Waals surface area contributed by atoms with E-state index in [-0.39, 0.29) is 0 Å². The van der Waals surface area contributed by atoms with E-state index in [9.17, 15) is 0 Å². The van der Waals surface area contributed by atoms with Crippen molar-refractivity contribution in [1.82, 2.24) is 4.57 Å². The van der Waals surface area contributed by atoms with Crippen molar-refractivity contribution >= 4 is 0 Å². The van der Waals surface area contributed by atoms with Crippen LogP contribution in [0.3, 0.4) is 0 Å². The summed E-state index contributed by atoms with van der Waals surface area (Å²) < 4.78 is 2.16. The summed E-state index contributed by atoms with van der Waals surface area (Å²) in [6, 6.07) is 14.8. The zero-order valence-corrected chi connectivity index (χ0v) is 7.77. The molecule has 1 aromatic heterocycles. The van der Waals surface area contributed by atoms with E-state index in [1.165, 1.54) is 11.3 Å². The Morgan fingerprint density at radius 3 is 2.38 bits per heavy atom. The molecule has 0 radical (unpaired) electrons. The third-order valence-electron chi connectivity index (χ3n) is 2.28. The van der Waals surface area contributed by atoms with Crippen molar-refractivity contribution in [3.8, 4) is 0 Å². The Balaban J connectivity index is 2.20. The maximum absolute atomic E-state index is 2.16. The van der Waals surface area contributed by atoms with Crippen molar-refractivity contribution in [2.24, 2.45) is 7.05 Å². The lowest BCUT2D eigenvalue weighted by Gasteiger charge is -2.02. The van der Waals surface area contributed by atoms with Gasteiger partial charge >= 0.3 is 0 Å². The molecule has 0 N–H and O–H groups in total. The fourth-order valence-electron chi connectivity index (χ4n) is 1.49. The van der Waals surface area contributed by atoms with Gasteiger partial charge < -0.3 is 4.57 Å². The van der Waals surface area contributed by atoms with Crippen LogP contribution in [0.1, 0.15) is 11.3 Å². The third kappa shape index (κ3) is 1.81. The highest BCUT2D eigenvalue weighted by Gasteiger charge is 1.97. The normalized spacial score (nSPS) is 10.2. The number of benzene rings is 1. The average Bonchev–Trinajstić information content (AvgIpc) is 2.54. The summed E-state index contributed by atoms with van der Waals surface area (Å²) in [5, 5.41) is 0. The number of aromatic nitrogens is 1. The van der Waals surface area contributed by atoms with Crippen LogP contribution < -0.4 is 0 Å². The summed E-state index contributed by atoms with van der Waals surface area (Å²) in [5.74, 6) is 0. The average molecular weight is 171 g/mol. The molecule has 66 valence electrons. The number of aryl methyl sites for hydroxylation is 1. The monoisotopic (exact) mass is 171 g/mol.